The Labute approximate surface area is 91.4 Å². The van der Waals surface area contributed by atoms with Crippen molar-refractivity contribution in [3.05, 3.63) is 23.5 Å². The summed E-state index contributed by atoms with van der Waals surface area (Å²) in [6, 6.07) is 2.60. The maximum Gasteiger partial charge on any atom is 0.235 e. The maximum absolute atomic E-state index is 13.5. The Morgan fingerprint density at radius 3 is 2.69 bits per heavy atom. The van der Waals surface area contributed by atoms with Crippen molar-refractivity contribution in [1.82, 2.24) is 0 Å². The number of rotatable bonds is 3. The molecule has 0 unspecified atom stereocenters. The summed E-state index contributed by atoms with van der Waals surface area (Å²) in [4.78, 5) is 13.9. The van der Waals surface area contributed by atoms with E-state index in [0.717, 1.165) is 0 Å². The second kappa shape index (κ2) is 3.61. The zero-order chi connectivity index (χ0) is 11.8. The summed E-state index contributed by atoms with van der Waals surface area (Å²) in [5.41, 5.74) is -0.210. The lowest BCUT2D eigenvalue weighted by atomic mass is 10.0. The molecule has 5 heteroatoms. The number of halogens is 1. The van der Waals surface area contributed by atoms with E-state index >= 15 is 0 Å². The van der Waals surface area contributed by atoms with E-state index in [2.05, 4.69) is 4.99 Å². The van der Waals surface area contributed by atoms with Gasteiger partial charge in [-0.3, -0.25) is 0 Å². The second-order valence-corrected chi connectivity index (χ2v) is 3.75. The number of hydrogen-bond acceptors (Lipinski definition) is 4. The molecule has 1 N–H and O–H groups in total. The average Bonchev–Trinajstić information content (AvgIpc) is 2.99. The standard InChI is InChI=1S/C11H10FNO3/c1-16-10-8(12)4-7(5-9(10)15)11(2-3-11)13-6-14/h4-5,15H,2-3H2,1H3. The molecule has 0 spiro atoms. The van der Waals surface area contributed by atoms with Crippen LogP contribution in [0, 0.1) is 5.82 Å². The van der Waals surface area contributed by atoms with Gasteiger partial charge in [-0.2, -0.15) is 4.99 Å². The molecule has 1 saturated carbocycles. The Balaban J connectivity index is 2.48. The van der Waals surface area contributed by atoms with Crippen LogP contribution in [0.1, 0.15) is 18.4 Å². The molecule has 0 amide bonds. The van der Waals surface area contributed by atoms with E-state index in [9.17, 15) is 14.3 Å². The van der Waals surface area contributed by atoms with Crippen LogP contribution in [0.2, 0.25) is 0 Å². The van der Waals surface area contributed by atoms with Gasteiger partial charge in [0.1, 0.15) is 0 Å². The lowest BCUT2D eigenvalue weighted by molar-refractivity contribution is 0.350. The molecule has 0 aromatic heterocycles. The SMILES string of the molecule is COc1c(O)cc(C2(N=C=O)CC2)cc1F. The number of isocyanates is 1. The van der Waals surface area contributed by atoms with Gasteiger partial charge in [0.15, 0.2) is 17.3 Å². The van der Waals surface area contributed by atoms with Crippen LogP contribution in [0.5, 0.6) is 11.5 Å². The van der Waals surface area contributed by atoms with Gasteiger partial charge in [0.2, 0.25) is 6.08 Å². The van der Waals surface area contributed by atoms with E-state index in [4.69, 9.17) is 4.74 Å². The van der Waals surface area contributed by atoms with Crippen molar-refractivity contribution in [2.45, 2.75) is 18.4 Å². The van der Waals surface area contributed by atoms with E-state index in [0.29, 0.717) is 18.4 Å². The Kier molecular flexibility index (Phi) is 2.40. The molecule has 1 fully saturated rings. The fraction of sp³-hybridized carbons (Fsp3) is 0.364. The fourth-order valence-corrected chi connectivity index (χ4v) is 1.72. The third kappa shape index (κ3) is 1.55. The molecule has 2 rings (SSSR count). The normalized spacial score (nSPS) is 16.4. The first-order valence-corrected chi connectivity index (χ1v) is 4.79. The summed E-state index contributed by atoms with van der Waals surface area (Å²) < 4.78 is 18.2. The van der Waals surface area contributed by atoms with Crippen molar-refractivity contribution in [3.8, 4) is 11.5 Å². The molecule has 1 aromatic rings. The fourth-order valence-electron chi connectivity index (χ4n) is 1.72. The summed E-state index contributed by atoms with van der Waals surface area (Å²) in [6.45, 7) is 0. The Morgan fingerprint density at radius 1 is 1.56 bits per heavy atom. The number of methoxy groups -OCH3 is 1. The molecule has 0 aliphatic heterocycles. The van der Waals surface area contributed by atoms with Crippen LogP contribution >= 0.6 is 0 Å². The molecular formula is C11H10FNO3. The first-order valence-electron chi connectivity index (χ1n) is 4.79. The summed E-state index contributed by atoms with van der Waals surface area (Å²) in [7, 11) is 1.27. The monoisotopic (exact) mass is 223 g/mol. The minimum Gasteiger partial charge on any atom is -0.504 e. The number of nitrogens with zero attached hydrogens (tertiary/aromatic N) is 1. The van der Waals surface area contributed by atoms with E-state index in [1.807, 2.05) is 0 Å². The van der Waals surface area contributed by atoms with Crippen LogP contribution < -0.4 is 4.74 Å². The predicted octanol–water partition coefficient (Wildman–Crippen LogP) is 1.86. The first kappa shape index (κ1) is 10.6. The number of phenols is 1. The molecule has 84 valence electrons. The van der Waals surface area contributed by atoms with Gasteiger partial charge in [0.25, 0.3) is 0 Å². The van der Waals surface area contributed by atoms with Crippen LogP contribution in [0.25, 0.3) is 0 Å². The van der Waals surface area contributed by atoms with Crippen molar-refractivity contribution in [2.24, 2.45) is 4.99 Å². The molecule has 0 atom stereocenters. The lowest BCUT2D eigenvalue weighted by Crippen LogP contribution is -2.03. The number of hydrogen-bond donors (Lipinski definition) is 1. The minimum atomic E-state index is -0.688. The summed E-state index contributed by atoms with van der Waals surface area (Å²) in [5.74, 6) is -1.15. The van der Waals surface area contributed by atoms with Gasteiger partial charge < -0.3 is 9.84 Å². The number of phenolic OH excluding ortho intramolecular Hbond substituents is 1. The third-order valence-electron chi connectivity index (χ3n) is 2.75. The quantitative estimate of drug-likeness (QED) is 0.628. The molecule has 0 radical (unpaired) electrons. The van der Waals surface area contributed by atoms with Gasteiger partial charge in [-0.25, -0.2) is 9.18 Å². The summed E-state index contributed by atoms with van der Waals surface area (Å²) >= 11 is 0. The number of ether oxygens (including phenoxy) is 1. The number of aromatic hydroxyl groups is 1. The molecular weight excluding hydrogens is 213 g/mol. The highest BCUT2D eigenvalue weighted by atomic mass is 19.1. The van der Waals surface area contributed by atoms with Crippen molar-refractivity contribution in [2.75, 3.05) is 7.11 Å². The summed E-state index contributed by atoms with van der Waals surface area (Å²) in [6.07, 6.45) is 2.80. The number of aliphatic imine (C=N–C) groups is 1. The van der Waals surface area contributed by atoms with Gasteiger partial charge in [0.05, 0.1) is 12.6 Å². The Bertz CT molecular complexity index is 453. The number of benzene rings is 1. The lowest BCUT2D eigenvalue weighted by Gasteiger charge is -2.11. The first-order chi connectivity index (χ1) is 7.63. The van der Waals surface area contributed by atoms with Crippen molar-refractivity contribution < 1.29 is 19.0 Å². The van der Waals surface area contributed by atoms with Crippen molar-refractivity contribution >= 4 is 6.08 Å². The van der Waals surface area contributed by atoms with Gasteiger partial charge in [-0.1, -0.05) is 0 Å². The largest absolute Gasteiger partial charge is 0.504 e. The van der Waals surface area contributed by atoms with E-state index < -0.39 is 11.4 Å². The molecule has 1 aliphatic carbocycles. The molecule has 4 nitrogen and oxygen atoms in total. The van der Waals surface area contributed by atoms with Crippen LogP contribution in [0.15, 0.2) is 17.1 Å². The van der Waals surface area contributed by atoms with E-state index in [1.165, 1.54) is 25.3 Å². The molecule has 16 heavy (non-hydrogen) atoms. The Morgan fingerprint density at radius 2 is 2.25 bits per heavy atom. The zero-order valence-corrected chi connectivity index (χ0v) is 8.66. The zero-order valence-electron chi connectivity index (χ0n) is 8.66. The van der Waals surface area contributed by atoms with Crippen LogP contribution in [0.4, 0.5) is 4.39 Å². The van der Waals surface area contributed by atoms with E-state index in [-0.39, 0.29) is 11.5 Å². The molecule has 1 aromatic carbocycles. The number of carbonyl (C=O) groups excluding carboxylic acids is 1. The van der Waals surface area contributed by atoms with Gasteiger partial charge in [0, 0.05) is 0 Å². The van der Waals surface area contributed by atoms with Crippen molar-refractivity contribution in [3.63, 3.8) is 0 Å². The van der Waals surface area contributed by atoms with Crippen LogP contribution in [-0.4, -0.2) is 18.3 Å². The van der Waals surface area contributed by atoms with Gasteiger partial charge >= 0.3 is 0 Å². The summed E-state index contributed by atoms with van der Waals surface area (Å²) in [5, 5.41) is 9.53. The smallest absolute Gasteiger partial charge is 0.235 e. The van der Waals surface area contributed by atoms with E-state index in [1.54, 1.807) is 0 Å². The van der Waals surface area contributed by atoms with Gasteiger partial charge in [-0.05, 0) is 30.5 Å². The highest BCUT2D eigenvalue weighted by Gasteiger charge is 2.45. The average molecular weight is 223 g/mol. The highest BCUT2D eigenvalue weighted by Crippen LogP contribution is 2.51. The van der Waals surface area contributed by atoms with Gasteiger partial charge in [-0.15, -0.1) is 0 Å². The molecule has 0 heterocycles. The van der Waals surface area contributed by atoms with Crippen LogP contribution in [-0.2, 0) is 10.3 Å². The van der Waals surface area contributed by atoms with Crippen molar-refractivity contribution in [1.29, 1.82) is 0 Å². The third-order valence-corrected chi connectivity index (χ3v) is 2.75. The minimum absolute atomic E-state index is 0.199. The second-order valence-electron chi connectivity index (χ2n) is 3.75. The highest BCUT2D eigenvalue weighted by molar-refractivity contribution is 5.48. The van der Waals surface area contributed by atoms with Crippen LogP contribution in [0.3, 0.4) is 0 Å². The molecule has 0 bridgehead atoms. The molecule has 0 saturated heterocycles. The Hall–Kier alpha value is -1.87. The predicted molar refractivity (Wildman–Crippen MR) is 53.7 cm³/mol. The molecule has 1 aliphatic rings. The topological polar surface area (TPSA) is 58.9 Å². The maximum atomic E-state index is 13.5.